The van der Waals surface area contributed by atoms with Crippen molar-refractivity contribution >= 4 is 23.7 Å². The summed E-state index contributed by atoms with van der Waals surface area (Å²) >= 11 is 0. The Morgan fingerprint density at radius 3 is 1.96 bits per heavy atom. The molecule has 0 unspecified atom stereocenters. The molecule has 1 aromatic rings. The van der Waals surface area contributed by atoms with E-state index in [4.69, 9.17) is 4.74 Å². The molecule has 0 spiro atoms. The topological polar surface area (TPSA) is 90.9 Å². The Labute approximate surface area is 140 Å². The van der Waals surface area contributed by atoms with Crippen molar-refractivity contribution in [3.8, 4) is 0 Å². The van der Waals surface area contributed by atoms with Crippen LogP contribution in [-0.4, -0.2) is 38.4 Å². The van der Waals surface area contributed by atoms with E-state index in [0.29, 0.717) is 0 Å². The maximum atomic E-state index is 12.0. The first kappa shape index (κ1) is 17.8. The van der Waals surface area contributed by atoms with Gasteiger partial charge in [0.15, 0.2) is 0 Å². The lowest BCUT2D eigenvalue weighted by Gasteiger charge is -2.22. The van der Waals surface area contributed by atoms with E-state index in [2.05, 4.69) is 14.8 Å². The Balaban J connectivity index is 2.13. The standard InChI is InChI=1S/C17H21NO6/c1-22-15(19)11-8-12(16(20)23-2)10-13(9-11)18-17(21)24-14-6-4-3-5-7-14/h8-10,14H,3-7H2,1-2H3,(H,18,21). The van der Waals surface area contributed by atoms with E-state index >= 15 is 0 Å². The van der Waals surface area contributed by atoms with Crippen LogP contribution in [0.1, 0.15) is 52.8 Å². The first-order chi connectivity index (χ1) is 11.5. The van der Waals surface area contributed by atoms with Gasteiger partial charge in [0, 0.05) is 5.69 Å². The molecule has 0 aliphatic heterocycles. The van der Waals surface area contributed by atoms with Gasteiger partial charge in [0.2, 0.25) is 0 Å². The molecule has 1 N–H and O–H groups in total. The number of carbonyl (C=O) groups is 3. The molecule has 130 valence electrons. The average Bonchev–Trinajstić information content (AvgIpc) is 2.60. The molecule has 0 heterocycles. The summed E-state index contributed by atoms with van der Waals surface area (Å²) in [6.07, 6.45) is 4.24. The summed E-state index contributed by atoms with van der Waals surface area (Å²) in [4.78, 5) is 35.4. The van der Waals surface area contributed by atoms with Crippen molar-refractivity contribution in [1.29, 1.82) is 0 Å². The second-order valence-electron chi connectivity index (χ2n) is 5.57. The SMILES string of the molecule is COC(=O)c1cc(NC(=O)OC2CCCCC2)cc(C(=O)OC)c1. The maximum Gasteiger partial charge on any atom is 0.411 e. The Morgan fingerprint density at radius 2 is 1.46 bits per heavy atom. The summed E-state index contributed by atoms with van der Waals surface area (Å²) in [5.41, 5.74) is 0.529. The van der Waals surface area contributed by atoms with Gasteiger partial charge in [-0.2, -0.15) is 0 Å². The summed E-state index contributed by atoms with van der Waals surface area (Å²) in [5.74, 6) is -1.24. The summed E-state index contributed by atoms with van der Waals surface area (Å²) in [7, 11) is 2.47. The number of anilines is 1. The van der Waals surface area contributed by atoms with Gasteiger partial charge in [0.25, 0.3) is 0 Å². The minimum Gasteiger partial charge on any atom is -0.465 e. The van der Waals surface area contributed by atoms with Crippen LogP contribution in [0.15, 0.2) is 18.2 Å². The number of esters is 2. The Kier molecular flexibility index (Phi) is 6.17. The molecule has 1 aliphatic rings. The van der Waals surface area contributed by atoms with Crippen molar-refractivity contribution in [2.45, 2.75) is 38.2 Å². The van der Waals surface area contributed by atoms with Gasteiger partial charge in [-0.3, -0.25) is 5.32 Å². The summed E-state index contributed by atoms with van der Waals surface area (Å²) in [6.45, 7) is 0. The fourth-order valence-electron chi connectivity index (χ4n) is 2.65. The highest BCUT2D eigenvalue weighted by atomic mass is 16.6. The number of nitrogens with one attached hydrogen (secondary N) is 1. The van der Waals surface area contributed by atoms with E-state index in [1.54, 1.807) is 0 Å². The van der Waals surface area contributed by atoms with Crippen LogP contribution >= 0.6 is 0 Å². The fourth-order valence-corrected chi connectivity index (χ4v) is 2.65. The lowest BCUT2D eigenvalue weighted by molar-refractivity contribution is 0.0598. The Morgan fingerprint density at radius 1 is 0.917 bits per heavy atom. The number of hydrogen-bond donors (Lipinski definition) is 1. The van der Waals surface area contributed by atoms with Crippen molar-refractivity contribution in [1.82, 2.24) is 0 Å². The quantitative estimate of drug-likeness (QED) is 0.671. The van der Waals surface area contributed by atoms with Crippen molar-refractivity contribution < 1.29 is 28.6 Å². The van der Waals surface area contributed by atoms with Gasteiger partial charge in [-0.05, 0) is 43.9 Å². The van der Waals surface area contributed by atoms with E-state index in [1.807, 2.05) is 0 Å². The van der Waals surface area contributed by atoms with E-state index in [-0.39, 0.29) is 22.9 Å². The number of amides is 1. The number of carbonyl (C=O) groups excluding carboxylic acids is 3. The lowest BCUT2D eigenvalue weighted by Crippen LogP contribution is -2.24. The van der Waals surface area contributed by atoms with E-state index in [1.165, 1.54) is 32.4 Å². The van der Waals surface area contributed by atoms with Gasteiger partial charge in [0.05, 0.1) is 25.3 Å². The molecular weight excluding hydrogens is 314 g/mol. The third-order valence-electron chi connectivity index (χ3n) is 3.85. The van der Waals surface area contributed by atoms with Crippen LogP contribution in [0.4, 0.5) is 10.5 Å². The Hall–Kier alpha value is -2.57. The summed E-state index contributed by atoms with van der Waals surface area (Å²) < 4.78 is 14.7. The molecule has 0 atom stereocenters. The number of methoxy groups -OCH3 is 2. The average molecular weight is 335 g/mol. The Bertz CT molecular complexity index is 587. The van der Waals surface area contributed by atoms with Crippen molar-refractivity contribution in [2.75, 3.05) is 19.5 Å². The van der Waals surface area contributed by atoms with Gasteiger partial charge < -0.3 is 14.2 Å². The van der Waals surface area contributed by atoms with E-state index in [9.17, 15) is 14.4 Å². The zero-order chi connectivity index (χ0) is 17.5. The van der Waals surface area contributed by atoms with Gasteiger partial charge >= 0.3 is 18.0 Å². The molecule has 1 fully saturated rings. The molecular formula is C17H21NO6. The van der Waals surface area contributed by atoms with Crippen LogP contribution in [0.2, 0.25) is 0 Å². The largest absolute Gasteiger partial charge is 0.465 e. The predicted octanol–water partition coefficient (Wildman–Crippen LogP) is 3.14. The van der Waals surface area contributed by atoms with Crippen LogP contribution in [0.25, 0.3) is 0 Å². The highest BCUT2D eigenvalue weighted by Crippen LogP contribution is 2.22. The van der Waals surface area contributed by atoms with Gasteiger partial charge in [-0.1, -0.05) is 6.42 Å². The molecule has 2 rings (SSSR count). The number of rotatable bonds is 4. The molecule has 1 aliphatic carbocycles. The normalized spacial score (nSPS) is 14.6. The molecule has 0 radical (unpaired) electrons. The molecule has 0 saturated heterocycles. The van der Waals surface area contributed by atoms with Crippen LogP contribution in [0, 0.1) is 0 Å². The zero-order valence-corrected chi connectivity index (χ0v) is 13.8. The lowest BCUT2D eigenvalue weighted by atomic mass is 9.98. The first-order valence-electron chi connectivity index (χ1n) is 7.83. The monoisotopic (exact) mass is 335 g/mol. The van der Waals surface area contributed by atoms with Crippen molar-refractivity contribution in [2.24, 2.45) is 0 Å². The third kappa shape index (κ3) is 4.71. The van der Waals surface area contributed by atoms with Gasteiger partial charge in [-0.15, -0.1) is 0 Å². The third-order valence-corrected chi connectivity index (χ3v) is 3.85. The fraction of sp³-hybridized carbons (Fsp3) is 0.471. The number of hydrogen-bond acceptors (Lipinski definition) is 6. The molecule has 24 heavy (non-hydrogen) atoms. The highest BCUT2D eigenvalue weighted by molar-refractivity contribution is 5.98. The van der Waals surface area contributed by atoms with Gasteiger partial charge in [-0.25, -0.2) is 14.4 Å². The summed E-state index contributed by atoms with van der Waals surface area (Å²) in [5, 5.41) is 2.55. The predicted molar refractivity (Wildman–Crippen MR) is 86.1 cm³/mol. The molecule has 1 saturated carbocycles. The maximum absolute atomic E-state index is 12.0. The smallest absolute Gasteiger partial charge is 0.411 e. The van der Waals surface area contributed by atoms with E-state index in [0.717, 1.165) is 32.1 Å². The molecule has 7 heteroatoms. The van der Waals surface area contributed by atoms with Gasteiger partial charge in [0.1, 0.15) is 6.10 Å². The number of benzene rings is 1. The number of ether oxygens (including phenoxy) is 3. The van der Waals surface area contributed by atoms with Crippen LogP contribution < -0.4 is 5.32 Å². The minimum atomic E-state index is -0.621. The van der Waals surface area contributed by atoms with Crippen LogP contribution in [0.5, 0.6) is 0 Å². The second kappa shape index (κ2) is 8.33. The van der Waals surface area contributed by atoms with Crippen LogP contribution in [0.3, 0.4) is 0 Å². The van der Waals surface area contributed by atoms with Crippen molar-refractivity contribution in [3.63, 3.8) is 0 Å². The highest BCUT2D eigenvalue weighted by Gasteiger charge is 2.19. The molecule has 7 nitrogen and oxygen atoms in total. The zero-order valence-electron chi connectivity index (χ0n) is 13.8. The molecule has 1 aromatic carbocycles. The minimum absolute atomic E-state index is 0.0948. The molecule has 1 amide bonds. The first-order valence-corrected chi connectivity index (χ1v) is 7.83. The van der Waals surface area contributed by atoms with Crippen molar-refractivity contribution in [3.05, 3.63) is 29.3 Å². The second-order valence-corrected chi connectivity index (χ2v) is 5.57. The van der Waals surface area contributed by atoms with Crippen LogP contribution in [-0.2, 0) is 14.2 Å². The van der Waals surface area contributed by atoms with E-state index < -0.39 is 18.0 Å². The molecule has 0 bridgehead atoms. The summed E-state index contributed by atoms with van der Waals surface area (Å²) in [6, 6.07) is 4.18. The molecule has 0 aromatic heterocycles.